The van der Waals surface area contributed by atoms with E-state index < -0.39 is 25.4 Å². The molecule has 0 rings (SSSR count). The lowest BCUT2D eigenvalue weighted by Crippen LogP contribution is -2.37. The van der Waals surface area contributed by atoms with Gasteiger partial charge in [0.15, 0.2) is 0 Å². The van der Waals surface area contributed by atoms with Gasteiger partial charge in [-0.05, 0) is 65.7 Å². The first kappa shape index (κ1) is 28.4. The number of nitrogens with one attached hydrogen (secondary N) is 4. The fraction of sp³-hybridized carbons (Fsp3) is 1.00. The third-order valence-corrected chi connectivity index (χ3v) is 4.52. The van der Waals surface area contributed by atoms with Crippen molar-refractivity contribution in [3.05, 3.63) is 0 Å². The minimum absolute atomic E-state index is 0.167. The fourth-order valence-electron chi connectivity index (χ4n) is 2.70. The largest absolute Gasteiger partial charge is 0.401 e. The van der Waals surface area contributed by atoms with Crippen LogP contribution in [0.15, 0.2) is 0 Å². The number of unbranched alkanes of at least 4 members (excludes halogenated alkanes) is 4. The molecule has 4 N–H and O–H groups in total. The van der Waals surface area contributed by atoms with Gasteiger partial charge in [0.2, 0.25) is 0 Å². The Kier molecular flexibility index (Phi) is 15.8. The molecule has 0 radical (unpaired) electrons. The van der Waals surface area contributed by atoms with E-state index in [4.69, 9.17) is 0 Å². The van der Waals surface area contributed by atoms with Crippen LogP contribution in [0, 0.1) is 0 Å². The van der Waals surface area contributed by atoms with E-state index in [0.29, 0.717) is 25.9 Å². The van der Waals surface area contributed by atoms with Crippen LogP contribution in [0.4, 0.5) is 26.3 Å². The molecule has 0 aliphatic rings. The predicted molar refractivity (Wildman–Crippen MR) is 105 cm³/mol. The van der Waals surface area contributed by atoms with Crippen LogP contribution in [0.2, 0.25) is 0 Å². The molecule has 0 saturated heterocycles. The second-order valence-electron chi connectivity index (χ2n) is 7.64. The van der Waals surface area contributed by atoms with Crippen molar-refractivity contribution >= 4 is 0 Å². The zero-order valence-electron chi connectivity index (χ0n) is 17.6. The third-order valence-electron chi connectivity index (χ3n) is 4.52. The summed E-state index contributed by atoms with van der Waals surface area (Å²) in [6, 6.07) is -0.333. The summed E-state index contributed by atoms with van der Waals surface area (Å²) in [7, 11) is 0. The molecular formula is C19H38F6N4. The molecule has 0 fully saturated rings. The molecule has 0 aromatic heterocycles. The van der Waals surface area contributed by atoms with Gasteiger partial charge in [-0.3, -0.25) is 0 Å². The second kappa shape index (κ2) is 16.2. The number of alkyl halides is 6. The van der Waals surface area contributed by atoms with Crippen molar-refractivity contribution in [1.29, 1.82) is 0 Å². The smallest absolute Gasteiger partial charge is 0.317 e. The monoisotopic (exact) mass is 436 g/mol. The van der Waals surface area contributed by atoms with Gasteiger partial charge < -0.3 is 21.3 Å². The van der Waals surface area contributed by atoms with E-state index in [-0.39, 0.29) is 12.1 Å². The van der Waals surface area contributed by atoms with Crippen LogP contribution in [0.1, 0.15) is 58.8 Å². The van der Waals surface area contributed by atoms with Crippen LogP contribution in [0.5, 0.6) is 0 Å². The molecule has 0 aliphatic heterocycles. The van der Waals surface area contributed by atoms with Crippen molar-refractivity contribution in [3.8, 4) is 0 Å². The van der Waals surface area contributed by atoms with E-state index in [9.17, 15) is 26.3 Å². The van der Waals surface area contributed by atoms with Crippen molar-refractivity contribution < 1.29 is 26.3 Å². The first-order chi connectivity index (χ1) is 13.5. The van der Waals surface area contributed by atoms with Crippen molar-refractivity contribution in [1.82, 2.24) is 21.3 Å². The summed E-state index contributed by atoms with van der Waals surface area (Å²) in [6.45, 7) is 4.74. The van der Waals surface area contributed by atoms with E-state index in [2.05, 4.69) is 21.3 Å². The van der Waals surface area contributed by atoms with Gasteiger partial charge >= 0.3 is 12.4 Å². The standard InChI is InChI=1S/C19H38F6N4/c1-16(28-14-18(20,21)22)8-12-26-10-6-4-3-5-7-11-27-13-9-17(2)29-15-19(23,24)25/h16-17,26-29H,3-15H2,1-2H3. The van der Waals surface area contributed by atoms with Crippen LogP contribution in [0.3, 0.4) is 0 Å². The highest BCUT2D eigenvalue weighted by molar-refractivity contribution is 4.66. The molecule has 0 spiro atoms. The maximum absolute atomic E-state index is 12.1. The van der Waals surface area contributed by atoms with Crippen molar-refractivity contribution in [2.45, 2.75) is 83.2 Å². The van der Waals surface area contributed by atoms with E-state index in [0.717, 1.165) is 45.2 Å². The van der Waals surface area contributed by atoms with Crippen molar-refractivity contribution in [3.63, 3.8) is 0 Å². The number of hydrogen-bond donors (Lipinski definition) is 4. The minimum Gasteiger partial charge on any atom is -0.317 e. The van der Waals surface area contributed by atoms with Crippen LogP contribution < -0.4 is 21.3 Å². The second-order valence-corrected chi connectivity index (χ2v) is 7.64. The SMILES string of the molecule is CC(CCNCCCCCCCNCCC(C)NCC(F)(F)F)NCC(F)(F)F. The summed E-state index contributed by atoms with van der Waals surface area (Å²) in [6.07, 6.45) is -1.59. The van der Waals surface area contributed by atoms with Gasteiger partial charge in [0.05, 0.1) is 13.1 Å². The van der Waals surface area contributed by atoms with Crippen molar-refractivity contribution in [2.24, 2.45) is 0 Å². The van der Waals surface area contributed by atoms with E-state index in [1.54, 1.807) is 13.8 Å². The first-order valence-corrected chi connectivity index (χ1v) is 10.5. The van der Waals surface area contributed by atoms with E-state index in [1.807, 2.05) is 0 Å². The van der Waals surface area contributed by atoms with E-state index in [1.165, 1.54) is 0 Å². The van der Waals surface area contributed by atoms with Gasteiger partial charge in [0.25, 0.3) is 0 Å². The number of hydrogen-bond acceptors (Lipinski definition) is 4. The highest BCUT2D eigenvalue weighted by Crippen LogP contribution is 2.13. The van der Waals surface area contributed by atoms with Gasteiger partial charge in [-0.1, -0.05) is 19.3 Å². The molecule has 0 aromatic rings. The Hall–Kier alpha value is -0.580. The summed E-state index contributed by atoms with van der Waals surface area (Å²) in [5.74, 6) is 0. The maximum atomic E-state index is 12.1. The minimum atomic E-state index is -4.16. The van der Waals surface area contributed by atoms with Gasteiger partial charge in [-0.15, -0.1) is 0 Å². The molecule has 2 atom stereocenters. The molecule has 176 valence electrons. The molecule has 0 amide bonds. The highest BCUT2D eigenvalue weighted by atomic mass is 19.4. The van der Waals surface area contributed by atoms with Crippen molar-refractivity contribution in [2.75, 3.05) is 39.3 Å². The first-order valence-electron chi connectivity index (χ1n) is 10.5. The van der Waals surface area contributed by atoms with Gasteiger partial charge in [0.1, 0.15) is 0 Å². The van der Waals surface area contributed by atoms with Gasteiger partial charge in [-0.2, -0.15) is 26.3 Å². The average Bonchev–Trinajstić information content (AvgIpc) is 2.61. The molecule has 0 aliphatic carbocycles. The predicted octanol–water partition coefficient (Wildman–Crippen LogP) is 3.98. The lowest BCUT2D eigenvalue weighted by molar-refractivity contribution is -0.126. The molecule has 0 bridgehead atoms. The Morgan fingerprint density at radius 2 is 0.897 bits per heavy atom. The Balaban J connectivity index is 3.28. The summed E-state index contributed by atoms with van der Waals surface area (Å²) in [5.41, 5.74) is 0. The molecule has 2 unspecified atom stereocenters. The Morgan fingerprint density at radius 3 is 1.24 bits per heavy atom. The molecule has 4 nitrogen and oxygen atoms in total. The topological polar surface area (TPSA) is 48.1 Å². The Bertz CT molecular complexity index is 343. The summed E-state index contributed by atoms with van der Waals surface area (Å²) in [5, 5.41) is 11.4. The average molecular weight is 437 g/mol. The molecular weight excluding hydrogens is 398 g/mol. The Labute approximate surface area is 171 Å². The molecule has 0 saturated carbocycles. The molecule has 0 aromatic carbocycles. The summed E-state index contributed by atoms with van der Waals surface area (Å²) < 4.78 is 72.4. The van der Waals surface area contributed by atoms with Crippen LogP contribution in [-0.4, -0.2) is 63.7 Å². The lowest BCUT2D eigenvalue weighted by atomic mass is 10.1. The van der Waals surface area contributed by atoms with Crippen LogP contribution in [0.25, 0.3) is 0 Å². The van der Waals surface area contributed by atoms with E-state index >= 15 is 0 Å². The van der Waals surface area contributed by atoms with Gasteiger partial charge in [-0.25, -0.2) is 0 Å². The maximum Gasteiger partial charge on any atom is 0.401 e. The molecule has 29 heavy (non-hydrogen) atoms. The molecule has 0 heterocycles. The molecule has 10 heteroatoms. The van der Waals surface area contributed by atoms with Crippen LogP contribution in [-0.2, 0) is 0 Å². The number of halogens is 6. The quantitative estimate of drug-likeness (QED) is 0.194. The lowest BCUT2D eigenvalue weighted by Gasteiger charge is -2.15. The van der Waals surface area contributed by atoms with Crippen LogP contribution >= 0.6 is 0 Å². The third kappa shape index (κ3) is 23.6. The zero-order valence-corrected chi connectivity index (χ0v) is 17.6. The zero-order chi connectivity index (χ0) is 22.2. The number of rotatable bonds is 18. The fourth-order valence-corrected chi connectivity index (χ4v) is 2.70. The normalized spacial score (nSPS) is 14.9. The summed E-state index contributed by atoms with van der Waals surface area (Å²) >= 11 is 0. The Morgan fingerprint density at radius 1 is 0.552 bits per heavy atom. The summed E-state index contributed by atoms with van der Waals surface area (Å²) in [4.78, 5) is 0. The highest BCUT2D eigenvalue weighted by Gasteiger charge is 2.27. The van der Waals surface area contributed by atoms with Gasteiger partial charge in [0, 0.05) is 12.1 Å².